The second-order valence-corrected chi connectivity index (χ2v) is 5.71. The molecule has 0 unspecified atom stereocenters. The lowest BCUT2D eigenvalue weighted by atomic mass is 10.1. The predicted octanol–water partition coefficient (Wildman–Crippen LogP) is 2.06. The van der Waals surface area contributed by atoms with Crippen LogP contribution in [0.2, 0.25) is 0 Å². The largest absolute Gasteiger partial charge is 0.506 e. The van der Waals surface area contributed by atoms with Crippen molar-refractivity contribution in [3.05, 3.63) is 23.8 Å². The molecule has 0 radical (unpaired) electrons. The highest BCUT2D eigenvalue weighted by Crippen LogP contribution is 2.24. The summed E-state index contributed by atoms with van der Waals surface area (Å²) >= 11 is 0. The second kappa shape index (κ2) is 9.54. The number of anilines is 1. The SMILES string of the molecule is CCOC(=O)c1ccc(NC(=O)CNC(=O)CCC(C)C)c(O)c1. The number of nitrogens with one attached hydrogen (secondary N) is 2. The minimum atomic E-state index is -0.553. The van der Waals surface area contributed by atoms with Crippen LogP contribution in [0.1, 0.15) is 44.0 Å². The summed E-state index contributed by atoms with van der Waals surface area (Å²) < 4.78 is 4.82. The van der Waals surface area contributed by atoms with Gasteiger partial charge in [-0.2, -0.15) is 0 Å². The monoisotopic (exact) mass is 336 g/mol. The van der Waals surface area contributed by atoms with Crippen LogP contribution in [0.4, 0.5) is 5.69 Å². The van der Waals surface area contributed by atoms with Crippen LogP contribution in [0.3, 0.4) is 0 Å². The molecule has 0 fully saturated rings. The number of carbonyl (C=O) groups is 3. The first-order valence-corrected chi connectivity index (χ1v) is 7.90. The van der Waals surface area contributed by atoms with E-state index in [1.807, 2.05) is 13.8 Å². The molecule has 3 N–H and O–H groups in total. The van der Waals surface area contributed by atoms with E-state index >= 15 is 0 Å². The van der Waals surface area contributed by atoms with Crippen LogP contribution in [0, 0.1) is 5.92 Å². The summed E-state index contributed by atoms with van der Waals surface area (Å²) in [6.07, 6.45) is 1.12. The van der Waals surface area contributed by atoms with Crippen LogP contribution >= 0.6 is 0 Å². The Bertz CT molecular complexity index is 599. The first-order chi connectivity index (χ1) is 11.3. The zero-order chi connectivity index (χ0) is 18.1. The minimum absolute atomic E-state index is 0.157. The lowest BCUT2D eigenvalue weighted by molar-refractivity contribution is -0.124. The quantitative estimate of drug-likeness (QED) is 0.498. The molecule has 0 bridgehead atoms. The summed E-state index contributed by atoms with van der Waals surface area (Å²) in [6, 6.07) is 4.06. The van der Waals surface area contributed by atoms with Gasteiger partial charge in [0.05, 0.1) is 24.4 Å². The Morgan fingerprint density at radius 1 is 1.21 bits per heavy atom. The summed E-state index contributed by atoms with van der Waals surface area (Å²) in [5.41, 5.74) is 0.346. The number of hydrogen-bond donors (Lipinski definition) is 3. The second-order valence-electron chi connectivity index (χ2n) is 5.71. The van der Waals surface area contributed by atoms with Gasteiger partial charge in [0.15, 0.2) is 0 Å². The highest BCUT2D eigenvalue weighted by atomic mass is 16.5. The van der Waals surface area contributed by atoms with Crippen molar-refractivity contribution in [2.45, 2.75) is 33.6 Å². The molecule has 0 heterocycles. The first kappa shape index (κ1) is 19.5. The summed E-state index contributed by atoms with van der Waals surface area (Å²) in [5.74, 6) is -1.05. The smallest absolute Gasteiger partial charge is 0.338 e. The van der Waals surface area contributed by atoms with E-state index in [2.05, 4.69) is 10.6 Å². The number of esters is 1. The Labute approximate surface area is 141 Å². The molecular formula is C17H24N2O5. The highest BCUT2D eigenvalue weighted by Gasteiger charge is 2.12. The molecule has 0 aliphatic heterocycles. The average Bonchev–Trinajstić information content (AvgIpc) is 2.53. The van der Waals surface area contributed by atoms with Crippen LogP contribution in [-0.2, 0) is 14.3 Å². The molecule has 7 nitrogen and oxygen atoms in total. The average molecular weight is 336 g/mol. The fraction of sp³-hybridized carbons (Fsp3) is 0.471. The summed E-state index contributed by atoms with van der Waals surface area (Å²) in [6.45, 7) is 5.76. The van der Waals surface area contributed by atoms with Crippen molar-refractivity contribution in [1.29, 1.82) is 0 Å². The predicted molar refractivity (Wildman–Crippen MR) is 89.8 cm³/mol. The lowest BCUT2D eigenvalue weighted by Crippen LogP contribution is -2.32. The molecule has 1 aromatic carbocycles. The van der Waals surface area contributed by atoms with Crippen molar-refractivity contribution < 1.29 is 24.2 Å². The van der Waals surface area contributed by atoms with Crippen molar-refractivity contribution in [2.24, 2.45) is 5.92 Å². The van der Waals surface area contributed by atoms with E-state index in [0.717, 1.165) is 6.42 Å². The number of amides is 2. The van der Waals surface area contributed by atoms with Gasteiger partial charge in [0.2, 0.25) is 11.8 Å². The van der Waals surface area contributed by atoms with E-state index in [4.69, 9.17) is 4.74 Å². The third-order valence-electron chi connectivity index (χ3n) is 3.18. The third kappa shape index (κ3) is 6.68. The molecule has 0 spiro atoms. The van der Waals surface area contributed by atoms with Gasteiger partial charge in [-0.1, -0.05) is 13.8 Å². The lowest BCUT2D eigenvalue weighted by Gasteiger charge is -2.10. The molecule has 2 amide bonds. The van der Waals surface area contributed by atoms with Crippen LogP contribution < -0.4 is 10.6 Å². The maximum Gasteiger partial charge on any atom is 0.338 e. The van der Waals surface area contributed by atoms with E-state index in [9.17, 15) is 19.5 Å². The van der Waals surface area contributed by atoms with Gasteiger partial charge in [0.25, 0.3) is 0 Å². The topological polar surface area (TPSA) is 105 Å². The first-order valence-electron chi connectivity index (χ1n) is 7.90. The van der Waals surface area contributed by atoms with Crippen molar-refractivity contribution >= 4 is 23.5 Å². The van der Waals surface area contributed by atoms with Crippen LogP contribution in [0.5, 0.6) is 5.75 Å². The van der Waals surface area contributed by atoms with Gasteiger partial charge in [-0.3, -0.25) is 9.59 Å². The molecule has 0 saturated carbocycles. The number of benzene rings is 1. The number of aromatic hydroxyl groups is 1. The number of rotatable bonds is 8. The number of carbonyl (C=O) groups excluding carboxylic acids is 3. The van der Waals surface area contributed by atoms with E-state index in [1.54, 1.807) is 6.92 Å². The van der Waals surface area contributed by atoms with Crippen molar-refractivity contribution in [1.82, 2.24) is 5.32 Å². The normalized spacial score (nSPS) is 10.3. The van der Waals surface area contributed by atoms with Gasteiger partial charge < -0.3 is 20.5 Å². The maximum atomic E-state index is 11.8. The molecule has 0 saturated heterocycles. The molecule has 132 valence electrons. The Balaban J connectivity index is 2.52. The molecule has 7 heteroatoms. The number of hydrogen-bond acceptors (Lipinski definition) is 5. The zero-order valence-corrected chi connectivity index (χ0v) is 14.2. The molecule has 0 atom stereocenters. The molecule has 0 aliphatic rings. The minimum Gasteiger partial charge on any atom is -0.506 e. The van der Waals surface area contributed by atoms with Crippen molar-refractivity contribution in [2.75, 3.05) is 18.5 Å². The highest BCUT2D eigenvalue weighted by molar-refractivity contribution is 5.97. The summed E-state index contributed by atoms with van der Waals surface area (Å²) in [5, 5.41) is 14.9. The van der Waals surface area contributed by atoms with Gasteiger partial charge in [0, 0.05) is 6.42 Å². The van der Waals surface area contributed by atoms with E-state index in [-0.39, 0.29) is 36.1 Å². The number of phenolic OH excluding ortho intramolecular Hbond substituents is 1. The maximum absolute atomic E-state index is 11.8. The molecule has 0 aromatic heterocycles. The van der Waals surface area contributed by atoms with E-state index < -0.39 is 11.9 Å². The standard InChI is InChI=1S/C17H24N2O5/c1-4-24-17(23)12-6-7-13(14(20)9-12)19-16(22)10-18-15(21)8-5-11(2)3/h6-7,9,11,20H,4-5,8,10H2,1-3H3,(H,18,21)(H,19,22). The number of ether oxygens (including phenoxy) is 1. The molecule has 1 rings (SSSR count). The van der Waals surface area contributed by atoms with Gasteiger partial charge in [-0.05, 0) is 37.5 Å². The Morgan fingerprint density at radius 3 is 2.50 bits per heavy atom. The number of phenols is 1. The Kier molecular flexibility index (Phi) is 7.74. The molecular weight excluding hydrogens is 312 g/mol. The zero-order valence-electron chi connectivity index (χ0n) is 14.2. The summed E-state index contributed by atoms with van der Waals surface area (Å²) in [4.78, 5) is 34.9. The van der Waals surface area contributed by atoms with Gasteiger partial charge in [-0.25, -0.2) is 4.79 Å². The van der Waals surface area contributed by atoms with Crippen molar-refractivity contribution in [3.8, 4) is 5.75 Å². The summed E-state index contributed by atoms with van der Waals surface area (Å²) in [7, 11) is 0. The molecule has 24 heavy (non-hydrogen) atoms. The third-order valence-corrected chi connectivity index (χ3v) is 3.18. The molecule has 1 aromatic rings. The van der Waals surface area contributed by atoms with Crippen LogP contribution in [0.15, 0.2) is 18.2 Å². The van der Waals surface area contributed by atoms with Crippen LogP contribution in [0.25, 0.3) is 0 Å². The van der Waals surface area contributed by atoms with Gasteiger partial charge in [0.1, 0.15) is 5.75 Å². The Morgan fingerprint density at radius 2 is 1.92 bits per heavy atom. The molecule has 0 aliphatic carbocycles. The van der Waals surface area contributed by atoms with Crippen LogP contribution in [-0.4, -0.2) is 36.0 Å². The van der Waals surface area contributed by atoms with Gasteiger partial charge >= 0.3 is 5.97 Å². The van der Waals surface area contributed by atoms with E-state index in [1.165, 1.54) is 18.2 Å². The van der Waals surface area contributed by atoms with Crippen molar-refractivity contribution in [3.63, 3.8) is 0 Å². The fourth-order valence-corrected chi connectivity index (χ4v) is 1.86. The fourth-order valence-electron chi connectivity index (χ4n) is 1.86. The van der Waals surface area contributed by atoms with E-state index in [0.29, 0.717) is 12.3 Å². The Hall–Kier alpha value is -2.57. The van der Waals surface area contributed by atoms with Gasteiger partial charge in [-0.15, -0.1) is 0 Å².